The van der Waals surface area contributed by atoms with E-state index in [4.69, 9.17) is 17.3 Å². The lowest BCUT2D eigenvalue weighted by molar-refractivity contribution is -0.120. The van der Waals surface area contributed by atoms with Crippen molar-refractivity contribution in [2.45, 2.75) is 32.1 Å². The second-order valence-electron chi connectivity index (χ2n) is 7.06. The number of carbonyl (C=O) groups is 2. The summed E-state index contributed by atoms with van der Waals surface area (Å²) in [6.45, 7) is 0. The van der Waals surface area contributed by atoms with E-state index in [1.807, 2.05) is 12.1 Å². The zero-order valence-corrected chi connectivity index (χ0v) is 17.0. The summed E-state index contributed by atoms with van der Waals surface area (Å²) < 4.78 is 12.8. The van der Waals surface area contributed by atoms with Gasteiger partial charge in [0, 0.05) is 17.5 Å². The van der Waals surface area contributed by atoms with Gasteiger partial charge in [0.05, 0.1) is 10.7 Å². The molecule has 8 heteroatoms. The molecule has 2 aromatic heterocycles. The van der Waals surface area contributed by atoms with Crippen LogP contribution < -0.4 is 11.1 Å². The highest BCUT2D eigenvalue weighted by molar-refractivity contribution is 6.33. The van der Waals surface area contributed by atoms with Crippen LogP contribution in [0.2, 0.25) is 5.02 Å². The Morgan fingerprint density at radius 2 is 1.87 bits per heavy atom. The molecule has 0 aliphatic heterocycles. The molecule has 1 saturated carbocycles. The van der Waals surface area contributed by atoms with Crippen LogP contribution in [-0.2, 0) is 4.79 Å². The van der Waals surface area contributed by atoms with Gasteiger partial charge in [-0.05, 0) is 55.3 Å². The third-order valence-corrected chi connectivity index (χ3v) is 5.19. The summed E-state index contributed by atoms with van der Waals surface area (Å²) in [6.07, 6.45) is 6.92. The number of primary amides is 1. The highest BCUT2D eigenvalue weighted by atomic mass is 35.5. The third-order valence-electron chi connectivity index (χ3n) is 4.88. The van der Waals surface area contributed by atoms with Gasteiger partial charge in [-0.2, -0.15) is 0 Å². The molecule has 0 saturated heterocycles. The van der Waals surface area contributed by atoms with E-state index in [1.165, 1.54) is 24.6 Å². The summed E-state index contributed by atoms with van der Waals surface area (Å²) in [5.41, 5.74) is 6.35. The number of amides is 2. The van der Waals surface area contributed by atoms with Crippen LogP contribution in [0.5, 0.6) is 0 Å². The van der Waals surface area contributed by atoms with E-state index in [9.17, 15) is 14.0 Å². The quantitative estimate of drug-likeness (QED) is 0.630. The Hall–Kier alpha value is -3.06. The number of hydrogen-bond acceptors (Lipinski definition) is 4. The zero-order chi connectivity index (χ0) is 21.5. The van der Waals surface area contributed by atoms with Gasteiger partial charge in [0.1, 0.15) is 11.5 Å². The van der Waals surface area contributed by atoms with Gasteiger partial charge in [0.15, 0.2) is 5.65 Å². The minimum absolute atomic E-state index is 0.00166. The first-order chi connectivity index (χ1) is 14.4. The standard InChI is InChI=1S/C13H15ClFNO.C9H7N3O/c14-11-8-10(15)6-7-12(11)16-13(17)9-4-2-1-3-5-9;10-8(13)7-4-3-6-2-1-5-11-9(6)12-7/h6-9H,1-5H2,(H,16,17);1-5H,(H2,10,13). The van der Waals surface area contributed by atoms with Gasteiger partial charge < -0.3 is 11.1 Å². The molecule has 1 aromatic carbocycles. The van der Waals surface area contributed by atoms with E-state index in [2.05, 4.69) is 15.3 Å². The fourth-order valence-corrected chi connectivity index (χ4v) is 3.50. The summed E-state index contributed by atoms with van der Waals surface area (Å²) in [7, 11) is 0. The Morgan fingerprint density at radius 1 is 1.10 bits per heavy atom. The number of halogens is 2. The zero-order valence-electron chi connectivity index (χ0n) is 16.3. The molecular weight excluding hydrogens is 407 g/mol. The van der Waals surface area contributed by atoms with Gasteiger partial charge in [-0.25, -0.2) is 14.4 Å². The first kappa shape index (κ1) is 21.6. The van der Waals surface area contributed by atoms with Crippen LogP contribution in [0.1, 0.15) is 42.6 Å². The maximum atomic E-state index is 12.8. The lowest BCUT2D eigenvalue weighted by Gasteiger charge is -2.21. The summed E-state index contributed by atoms with van der Waals surface area (Å²) in [5, 5.41) is 3.91. The van der Waals surface area contributed by atoms with Crippen molar-refractivity contribution in [3.8, 4) is 0 Å². The fraction of sp³-hybridized carbons (Fsp3) is 0.273. The number of benzene rings is 1. The summed E-state index contributed by atoms with van der Waals surface area (Å²) >= 11 is 5.86. The maximum absolute atomic E-state index is 12.8. The van der Waals surface area contributed by atoms with E-state index < -0.39 is 11.7 Å². The van der Waals surface area contributed by atoms with Crippen molar-refractivity contribution in [1.82, 2.24) is 9.97 Å². The Bertz CT molecular complexity index is 1050. The molecule has 2 amide bonds. The topological polar surface area (TPSA) is 98.0 Å². The fourth-order valence-electron chi connectivity index (χ4n) is 3.28. The monoisotopic (exact) mass is 428 g/mol. The number of nitrogens with zero attached hydrogens (tertiary/aromatic N) is 2. The highest BCUT2D eigenvalue weighted by Crippen LogP contribution is 2.27. The molecule has 1 aliphatic carbocycles. The molecule has 0 spiro atoms. The van der Waals surface area contributed by atoms with Gasteiger partial charge in [0.2, 0.25) is 5.91 Å². The lowest BCUT2D eigenvalue weighted by Crippen LogP contribution is -2.24. The van der Waals surface area contributed by atoms with Crippen molar-refractivity contribution in [2.24, 2.45) is 11.7 Å². The van der Waals surface area contributed by atoms with Gasteiger partial charge in [-0.15, -0.1) is 0 Å². The largest absolute Gasteiger partial charge is 0.364 e. The third kappa shape index (κ3) is 5.73. The molecule has 2 heterocycles. The number of nitrogens with one attached hydrogen (secondary N) is 1. The summed E-state index contributed by atoms with van der Waals surface area (Å²) in [6, 6.07) is 11.1. The molecule has 6 nitrogen and oxygen atoms in total. The van der Waals surface area contributed by atoms with Crippen molar-refractivity contribution < 1.29 is 14.0 Å². The minimum Gasteiger partial charge on any atom is -0.364 e. The Balaban J connectivity index is 0.000000177. The van der Waals surface area contributed by atoms with Crippen LogP contribution >= 0.6 is 11.6 Å². The minimum atomic E-state index is -0.535. The smallest absolute Gasteiger partial charge is 0.267 e. The van der Waals surface area contributed by atoms with Crippen LogP contribution in [0.4, 0.5) is 10.1 Å². The number of carbonyl (C=O) groups excluding carboxylic acids is 2. The molecule has 0 radical (unpaired) electrons. The van der Waals surface area contributed by atoms with E-state index in [-0.39, 0.29) is 22.5 Å². The molecule has 4 rings (SSSR count). The first-order valence-corrected chi connectivity index (χ1v) is 10.1. The van der Waals surface area contributed by atoms with Crippen molar-refractivity contribution in [2.75, 3.05) is 5.32 Å². The molecule has 0 bridgehead atoms. The van der Waals surface area contributed by atoms with Crippen molar-refractivity contribution >= 4 is 40.1 Å². The van der Waals surface area contributed by atoms with Crippen LogP contribution in [0.3, 0.4) is 0 Å². The predicted octanol–water partition coefficient (Wildman–Crippen LogP) is 4.73. The molecular formula is C22H22ClFN4O2. The molecule has 3 aromatic rings. The van der Waals surface area contributed by atoms with Gasteiger partial charge in [0.25, 0.3) is 5.91 Å². The Kier molecular flexibility index (Phi) is 7.30. The number of hydrogen-bond donors (Lipinski definition) is 2. The number of nitrogens with two attached hydrogens (primary N) is 1. The van der Waals surface area contributed by atoms with Crippen LogP contribution in [0, 0.1) is 11.7 Å². The first-order valence-electron chi connectivity index (χ1n) is 9.71. The SMILES string of the molecule is NC(=O)c1ccc2cccnc2n1.O=C(Nc1ccc(F)cc1Cl)C1CCCCC1. The number of fused-ring (bicyclic) bond motifs is 1. The van der Waals surface area contributed by atoms with E-state index >= 15 is 0 Å². The second kappa shape index (κ2) is 10.1. The van der Waals surface area contributed by atoms with Gasteiger partial charge >= 0.3 is 0 Å². The molecule has 0 atom stereocenters. The van der Waals surface area contributed by atoms with Crippen LogP contribution in [0.25, 0.3) is 11.0 Å². The van der Waals surface area contributed by atoms with Crippen molar-refractivity contribution in [3.05, 3.63) is 65.2 Å². The van der Waals surface area contributed by atoms with Gasteiger partial charge in [-0.1, -0.05) is 30.9 Å². The van der Waals surface area contributed by atoms with Crippen molar-refractivity contribution in [1.29, 1.82) is 0 Å². The maximum Gasteiger partial charge on any atom is 0.267 e. The Morgan fingerprint density at radius 3 is 2.57 bits per heavy atom. The number of aromatic nitrogens is 2. The van der Waals surface area contributed by atoms with Gasteiger partial charge in [-0.3, -0.25) is 9.59 Å². The predicted molar refractivity (Wildman–Crippen MR) is 115 cm³/mol. The highest BCUT2D eigenvalue weighted by Gasteiger charge is 2.21. The Labute approximate surface area is 178 Å². The molecule has 1 fully saturated rings. The van der Waals surface area contributed by atoms with E-state index in [1.54, 1.807) is 18.3 Å². The number of anilines is 1. The molecule has 0 unspecified atom stereocenters. The molecule has 156 valence electrons. The van der Waals surface area contributed by atoms with Crippen LogP contribution in [0.15, 0.2) is 48.7 Å². The van der Waals surface area contributed by atoms with E-state index in [0.29, 0.717) is 11.3 Å². The molecule has 3 N–H and O–H groups in total. The normalized spacial score (nSPS) is 13.9. The van der Waals surface area contributed by atoms with Crippen molar-refractivity contribution in [3.63, 3.8) is 0 Å². The lowest BCUT2D eigenvalue weighted by atomic mass is 9.88. The van der Waals surface area contributed by atoms with Crippen LogP contribution in [-0.4, -0.2) is 21.8 Å². The average molecular weight is 429 g/mol. The number of pyridine rings is 2. The van der Waals surface area contributed by atoms with E-state index in [0.717, 1.165) is 31.1 Å². The number of rotatable bonds is 3. The molecule has 30 heavy (non-hydrogen) atoms. The summed E-state index contributed by atoms with van der Waals surface area (Å²) in [5.74, 6) is -0.860. The molecule has 1 aliphatic rings. The summed E-state index contributed by atoms with van der Waals surface area (Å²) in [4.78, 5) is 30.7. The second-order valence-corrected chi connectivity index (χ2v) is 7.47. The average Bonchev–Trinajstić information content (AvgIpc) is 2.76.